The first-order valence-corrected chi connectivity index (χ1v) is 3.09. The van der Waals surface area contributed by atoms with Crippen LogP contribution in [0.15, 0.2) is 16.8 Å². The van der Waals surface area contributed by atoms with Gasteiger partial charge < -0.3 is 0 Å². The number of nitrogens with zero attached hydrogens (tertiary/aromatic N) is 1. The average Bonchev–Trinajstić information content (AvgIpc) is 1.90. The summed E-state index contributed by atoms with van der Waals surface area (Å²) in [5.74, 6) is 0.104. The Morgan fingerprint density at radius 3 is 3.00 bits per heavy atom. The number of hydrogen-bond acceptors (Lipinski definition) is 2. The molecule has 2 heteroatoms. The minimum atomic E-state index is 0.104. The van der Waals surface area contributed by atoms with Crippen molar-refractivity contribution >= 4 is 12.0 Å². The summed E-state index contributed by atoms with van der Waals surface area (Å²) < 4.78 is 0. The van der Waals surface area contributed by atoms with E-state index in [0.29, 0.717) is 6.42 Å². The van der Waals surface area contributed by atoms with Gasteiger partial charge in [0.2, 0.25) is 0 Å². The smallest absolute Gasteiger partial charge is 0.177 e. The number of carbonyl (C=O) groups is 1. The number of rotatable bonds is 1. The fraction of sp³-hybridized carbons (Fsp3) is 0.429. The van der Waals surface area contributed by atoms with Gasteiger partial charge in [-0.1, -0.05) is 13.0 Å². The third-order valence-electron chi connectivity index (χ3n) is 1.28. The Morgan fingerprint density at radius 1 is 1.78 bits per heavy atom. The predicted octanol–water partition coefficient (Wildman–Crippen LogP) is 1.32. The van der Waals surface area contributed by atoms with Crippen LogP contribution in [0.3, 0.4) is 0 Å². The first kappa shape index (κ1) is 6.20. The number of carbonyl (C=O) groups excluding carboxylic acids is 1. The highest BCUT2D eigenvalue weighted by atomic mass is 16.1. The summed E-state index contributed by atoms with van der Waals surface area (Å²) in [4.78, 5) is 14.4. The highest BCUT2D eigenvalue weighted by molar-refractivity contribution is 6.28. The van der Waals surface area contributed by atoms with Crippen LogP contribution in [0, 0.1) is 0 Å². The van der Waals surface area contributed by atoms with Gasteiger partial charge in [0, 0.05) is 12.1 Å². The second-order valence-corrected chi connectivity index (χ2v) is 1.98. The van der Waals surface area contributed by atoms with Crippen LogP contribution in [-0.4, -0.2) is 12.0 Å². The van der Waals surface area contributed by atoms with E-state index in [-0.39, 0.29) is 5.78 Å². The van der Waals surface area contributed by atoms with Crippen molar-refractivity contribution in [2.45, 2.75) is 19.8 Å². The molecule has 0 radical (unpaired) electrons. The Hall–Kier alpha value is -0.920. The molecule has 0 aromatic heterocycles. The molecule has 0 spiro atoms. The molecule has 1 aliphatic heterocycles. The van der Waals surface area contributed by atoms with Crippen LogP contribution < -0.4 is 0 Å². The van der Waals surface area contributed by atoms with Crippen molar-refractivity contribution in [2.24, 2.45) is 4.99 Å². The third kappa shape index (κ3) is 1.49. The monoisotopic (exact) mass is 123 g/mol. The average molecular weight is 123 g/mol. The molecule has 0 fully saturated rings. The molecule has 0 unspecified atom stereocenters. The normalized spacial score (nSPS) is 17.9. The lowest BCUT2D eigenvalue weighted by Gasteiger charge is -1.99. The van der Waals surface area contributed by atoms with Crippen LogP contribution in [0.4, 0.5) is 0 Å². The zero-order valence-corrected chi connectivity index (χ0v) is 5.42. The van der Waals surface area contributed by atoms with Gasteiger partial charge in [0.1, 0.15) is 0 Å². The molecule has 1 rings (SSSR count). The standard InChI is InChI=1S/C7H9NO/c1-2-6-3-4-7(9)5-8-6/h3,5H,2,4H2,1H3. The molecule has 1 aliphatic rings. The summed E-state index contributed by atoms with van der Waals surface area (Å²) in [5, 5.41) is 0. The molecular formula is C7H9NO. The van der Waals surface area contributed by atoms with Crippen LogP contribution in [-0.2, 0) is 4.79 Å². The molecule has 1 heterocycles. The van der Waals surface area contributed by atoms with Crippen LogP contribution >= 0.6 is 0 Å². The quantitative estimate of drug-likeness (QED) is 0.517. The zero-order chi connectivity index (χ0) is 6.69. The highest BCUT2D eigenvalue weighted by Crippen LogP contribution is 2.06. The minimum Gasteiger partial charge on any atom is -0.293 e. The number of hydrogen-bond donors (Lipinski definition) is 0. The fourth-order valence-electron chi connectivity index (χ4n) is 0.714. The Labute approximate surface area is 54.3 Å². The van der Waals surface area contributed by atoms with Gasteiger partial charge in [-0.25, -0.2) is 0 Å². The molecule has 0 saturated carbocycles. The molecule has 0 aromatic carbocycles. The Kier molecular flexibility index (Phi) is 1.78. The molecule has 0 bridgehead atoms. The summed E-state index contributed by atoms with van der Waals surface area (Å²) in [6.07, 6.45) is 4.73. The molecule has 9 heavy (non-hydrogen) atoms. The van der Waals surface area contributed by atoms with Crippen molar-refractivity contribution < 1.29 is 4.79 Å². The number of allylic oxidation sites excluding steroid dienone is 2. The molecular weight excluding hydrogens is 114 g/mol. The molecule has 0 atom stereocenters. The van der Waals surface area contributed by atoms with Crippen molar-refractivity contribution in [1.29, 1.82) is 0 Å². The largest absolute Gasteiger partial charge is 0.293 e. The summed E-state index contributed by atoms with van der Waals surface area (Å²) in [6.45, 7) is 2.03. The van der Waals surface area contributed by atoms with E-state index in [9.17, 15) is 4.79 Å². The third-order valence-corrected chi connectivity index (χ3v) is 1.28. The van der Waals surface area contributed by atoms with Crippen molar-refractivity contribution in [3.63, 3.8) is 0 Å². The SMILES string of the molecule is CCC1=CCC(=O)C=N1. The maximum atomic E-state index is 10.5. The van der Waals surface area contributed by atoms with Gasteiger partial charge in [0.25, 0.3) is 0 Å². The minimum absolute atomic E-state index is 0.104. The second-order valence-electron chi connectivity index (χ2n) is 1.98. The Morgan fingerprint density at radius 2 is 2.56 bits per heavy atom. The van der Waals surface area contributed by atoms with Gasteiger partial charge in [-0.2, -0.15) is 0 Å². The molecule has 2 nitrogen and oxygen atoms in total. The van der Waals surface area contributed by atoms with Gasteiger partial charge in [-0.05, 0) is 6.42 Å². The summed E-state index contributed by atoms with van der Waals surface area (Å²) in [7, 11) is 0. The molecule has 0 aliphatic carbocycles. The van der Waals surface area contributed by atoms with E-state index >= 15 is 0 Å². The van der Waals surface area contributed by atoms with Crippen molar-refractivity contribution in [1.82, 2.24) is 0 Å². The van der Waals surface area contributed by atoms with Crippen LogP contribution in [0.2, 0.25) is 0 Å². The summed E-state index contributed by atoms with van der Waals surface area (Å²) in [5.41, 5.74) is 1.02. The lowest BCUT2D eigenvalue weighted by molar-refractivity contribution is -0.111. The molecule has 0 N–H and O–H groups in total. The lowest BCUT2D eigenvalue weighted by atomic mass is 10.2. The molecule has 0 aromatic rings. The highest BCUT2D eigenvalue weighted by Gasteiger charge is 2.01. The zero-order valence-electron chi connectivity index (χ0n) is 5.42. The van der Waals surface area contributed by atoms with E-state index in [2.05, 4.69) is 4.99 Å². The topological polar surface area (TPSA) is 29.4 Å². The van der Waals surface area contributed by atoms with E-state index in [4.69, 9.17) is 0 Å². The van der Waals surface area contributed by atoms with E-state index in [0.717, 1.165) is 12.1 Å². The fourth-order valence-corrected chi connectivity index (χ4v) is 0.714. The number of aliphatic imine (C=N–C) groups is 1. The van der Waals surface area contributed by atoms with Crippen molar-refractivity contribution in [3.05, 3.63) is 11.8 Å². The Balaban J connectivity index is 2.63. The molecule has 0 amide bonds. The maximum absolute atomic E-state index is 10.5. The van der Waals surface area contributed by atoms with Gasteiger partial charge >= 0.3 is 0 Å². The first-order valence-electron chi connectivity index (χ1n) is 3.09. The van der Waals surface area contributed by atoms with Crippen LogP contribution in [0.1, 0.15) is 19.8 Å². The van der Waals surface area contributed by atoms with E-state index in [1.54, 1.807) is 0 Å². The second kappa shape index (κ2) is 2.58. The maximum Gasteiger partial charge on any atom is 0.177 e. The van der Waals surface area contributed by atoms with Crippen molar-refractivity contribution in [3.8, 4) is 0 Å². The van der Waals surface area contributed by atoms with Crippen LogP contribution in [0.25, 0.3) is 0 Å². The number of ketones is 1. The van der Waals surface area contributed by atoms with Gasteiger partial charge in [-0.15, -0.1) is 0 Å². The van der Waals surface area contributed by atoms with Gasteiger partial charge in [0.05, 0.1) is 6.21 Å². The Bertz CT molecular complexity index is 179. The van der Waals surface area contributed by atoms with E-state index in [1.165, 1.54) is 6.21 Å². The van der Waals surface area contributed by atoms with Crippen molar-refractivity contribution in [2.75, 3.05) is 0 Å². The molecule has 0 saturated heterocycles. The van der Waals surface area contributed by atoms with Gasteiger partial charge in [0.15, 0.2) is 5.78 Å². The molecule has 48 valence electrons. The van der Waals surface area contributed by atoms with E-state index < -0.39 is 0 Å². The predicted molar refractivity (Wildman–Crippen MR) is 36.5 cm³/mol. The van der Waals surface area contributed by atoms with Gasteiger partial charge in [-0.3, -0.25) is 9.79 Å². The summed E-state index contributed by atoms with van der Waals surface area (Å²) in [6, 6.07) is 0. The van der Waals surface area contributed by atoms with E-state index in [1.807, 2.05) is 13.0 Å². The first-order chi connectivity index (χ1) is 4.33. The van der Waals surface area contributed by atoms with Crippen LogP contribution in [0.5, 0.6) is 0 Å². The summed E-state index contributed by atoms with van der Waals surface area (Å²) >= 11 is 0. The lowest BCUT2D eigenvalue weighted by Crippen LogP contribution is -2.01. The number of Topliss-reactive ketones (excluding diaryl/α,β-unsaturated/α-hetero) is 1.